The molecule has 2 rings (SSSR count). The number of rotatable bonds is 7. The Hall–Kier alpha value is -1.93. The second kappa shape index (κ2) is 7.31. The number of fused-ring (bicyclic) bond motifs is 1. The van der Waals surface area contributed by atoms with E-state index in [-0.39, 0.29) is 17.3 Å². The standard InChI is InChI=1S/C16H23N3O4S/c1-5-19(6-2)24(21,22)12-7-8-14-13(11-12)17-15(18(14)3)9-10-16(20)23-4/h7-8,11H,5-6,9-10H2,1-4H3. The van der Waals surface area contributed by atoms with Gasteiger partial charge in [0.25, 0.3) is 0 Å². The van der Waals surface area contributed by atoms with Crippen molar-refractivity contribution in [3.8, 4) is 0 Å². The van der Waals surface area contributed by atoms with E-state index in [4.69, 9.17) is 0 Å². The van der Waals surface area contributed by atoms with Crippen molar-refractivity contribution in [2.75, 3.05) is 20.2 Å². The normalized spacial score (nSPS) is 12.0. The molecule has 0 aliphatic rings. The van der Waals surface area contributed by atoms with Crippen LogP contribution in [-0.4, -0.2) is 48.4 Å². The number of benzene rings is 1. The minimum Gasteiger partial charge on any atom is -0.469 e. The van der Waals surface area contributed by atoms with E-state index in [1.54, 1.807) is 18.2 Å². The summed E-state index contributed by atoms with van der Waals surface area (Å²) in [5, 5.41) is 0. The number of nitrogens with zero attached hydrogens (tertiary/aromatic N) is 3. The van der Waals surface area contributed by atoms with Gasteiger partial charge in [-0.05, 0) is 18.2 Å². The average Bonchev–Trinajstić information content (AvgIpc) is 2.89. The maximum absolute atomic E-state index is 12.6. The summed E-state index contributed by atoms with van der Waals surface area (Å²) >= 11 is 0. The maximum atomic E-state index is 12.6. The Labute approximate surface area is 142 Å². The lowest BCUT2D eigenvalue weighted by atomic mass is 10.3. The molecule has 1 heterocycles. The highest BCUT2D eigenvalue weighted by Crippen LogP contribution is 2.22. The number of ether oxygens (including phenoxy) is 1. The molecular formula is C16H23N3O4S. The van der Waals surface area contributed by atoms with Crippen molar-refractivity contribution in [1.82, 2.24) is 13.9 Å². The molecule has 0 aliphatic carbocycles. The van der Waals surface area contributed by atoms with Crippen molar-refractivity contribution in [1.29, 1.82) is 0 Å². The van der Waals surface area contributed by atoms with Crippen LogP contribution in [0.3, 0.4) is 0 Å². The van der Waals surface area contributed by atoms with E-state index < -0.39 is 10.0 Å². The first-order valence-corrected chi connectivity index (χ1v) is 9.31. The molecule has 0 radical (unpaired) electrons. The summed E-state index contributed by atoms with van der Waals surface area (Å²) < 4.78 is 33.1. The Balaban J connectivity index is 2.40. The average molecular weight is 353 g/mol. The summed E-state index contributed by atoms with van der Waals surface area (Å²) in [4.78, 5) is 16.0. The molecule has 0 saturated heterocycles. The third-order valence-corrected chi connectivity index (χ3v) is 6.11. The SMILES string of the molecule is CCN(CC)S(=O)(=O)c1ccc2c(c1)nc(CCC(=O)OC)n2C. The van der Waals surface area contributed by atoms with Gasteiger partial charge in [0.15, 0.2) is 0 Å². The predicted octanol–water partition coefficient (Wildman–Crippen LogP) is 1.71. The zero-order chi connectivity index (χ0) is 17.9. The zero-order valence-electron chi connectivity index (χ0n) is 14.4. The molecule has 0 fully saturated rings. The van der Waals surface area contributed by atoms with E-state index >= 15 is 0 Å². The number of carbonyl (C=O) groups is 1. The van der Waals surface area contributed by atoms with Gasteiger partial charge >= 0.3 is 5.97 Å². The number of hydrogen-bond acceptors (Lipinski definition) is 5. The Morgan fingerprint density at radius 2 is 1.96 bits per heavy atom. The van der Waals surface area contributed by atoms with Crippen LogP contribution in [0.25, 0.3) is 11.0 Å². The van der Waals surface area contributed by atoms with Crippen LogP contribution in [0.4, 0.5) is 0 Å². The molecule has 0 amide bonds. The van der Waals surface area contributed by atoms with Crippen LogP contribution in [0.5, 0.6) is 0 Å². The van der Waals surface area contributed by atoms with E-state index in [2.05, 4.69) is 9.72 Å². The molecule has 0 N–H and O–H groups in total. The van der Waals surface area contributed by atoms with Gasteiger partial charge in [0.2, 0.25) is 10.0 Å². The van der Waals surface area contributed by atoms with Gasteiger partial charge in [0.1, 0.15) is 5.82 Å². The van der Waals surface area contributed by atoms with Crippen molar-refractivity contribution in [3.63, 3.8) is 0 Å². The van der Waals surface area contributed by atoms with Gasteiger partial charge in [-0.1, -0.05) is 13.8 Å². The summed E-state index contributed by atoms with van der Waals surface area (Å²) in [5.74, 6) is 0.416. The molecule has 1 aromatic heterocycles. The highest BCUT2D eigenvalue weighted by atomic mass is 32.2. The Kier molecular flexibility index (Phi) is 5.61. The molecule has 7 nitrogen and oxygen atoms in total. The number of hydrogen-bond donors (Lipinski definition) is 0. The van der Waals surface area contributed by atoms with Crippen molar-refractivity contribution < 1.29 is 17.9 Å². The van der Waals surface area contributed by atoms with E-state index in [0.29, 0.717) is 30.9 Å². The highest BCUT2D eigenvalue weighted by molar-refractivity contribution is 7.89. The largest absolute Gasteiger partial charge is 0.469 e. The highest BCUT2D eigenvalue weighted by Gasteiger charge is 2.22. The second-order valence-corrected chi connectivity index (χ2v) is 7.34. The zero-order valence-corrected chi connectivity index (χ0v) is 15.3. The number of sulfonamides is 1. The van der Waals surface area contributed by atoms with Gasteiger partial charge in [-0.2, -0.15) is 4.31 Å². The molecule has 0 atom stereocenters. The van der Waals surface area contributed by atoms with E-state index in [9.17, 15) is 13.2 Å². The second-order valence-electron chi connectivity index (χ2n) is 5.40. The summed E-state index contributed by atoms with van der Waals surface area (Å²) in [5.41, 5.74) is 1.43. The monoisotopic (exact) mass is 353 g/mol. The molecule has 8 heteroatoms. The summed E-state index contributed by atoms with van der Waals surface area (Å²) in [6.07, 6.45) is 0.675. The lowest BCUT2D eigenvalue weighted by molar-refractivity contribution is -0.140. The number of aryl methyl sites for hydroxylation is 2. The first-order chi connectivity index (χ1) is 11.3. The van der Waals surface area contributed by atoms with Crippen molar-refractivity contribution in [2.45, 2.75) is 31.6 Å². The van der Waals surface area contributed by atoms with Crippen LogP contribution >= 0.6 is 0 Å². The van der Waals surface area contributed by atoms with E-state index in [1.165, 1.54) is 11.4 Å². The summed E-state index contributed by atoms with van der Waals surface area (Å²) in [6.45, 7) is 4.46. The van der Waals surface area contributed by atoms with Crippen LogP contribution in [0.1, 0.15) is 26.1 Å². The molecule has 0 saturated carbocycles. The molecular weight excluding hydrogens is 330 g/mol. The first-order valence-electron chi connectivity index (χ1n) is 7.87. The number of aromatic nitrogens is 2. The Morgan fingerprint density at radius 1 is 1.29 bits per heavy atom. The predicted molar refractivity (Wildman–Crippen MR) is 91.2 cm³/mol. The molecule has 0 spiro atoms. The molecule has 24 heavy (non-hydrogen) atoms. The minimum atomic E-state index is -3.52. The molecule has 0 unspecified atom stereocenters. The summed E-state index contributed by atoms with van der Waals surface area (Å²) in [6, 6.07) is 4.94. The molecule has 132 valence electrons. The van der Waals surface area contributed by atoms with Crippen LogP contribution in [0.2, 0.25) is 0 Å². The number of methoxy groups -OCH3 is 1. The lowest BCUT2D eigenvalue weighted by Crippen LogP contribution is -2.30. The van der Waals surface area contributed by atoms with Gasteiger partial charge in [-0.3, -0.25) is 4.79 Å². The van der Waals surface area contributed by atoms with Gasteiger partial charge in [-0.25, -0.2) is 13.4 Å². The molecule has 0 aliphatic heterocycles. The first kappa shape index (κ1) is 18.4. The van der Waals surface area contributed by atoms with Gasteiger partial charge in [0, 0.05) is 26.6 Å². The number of esters is 1. The van der Waals surface area contributed by atoms with Gasteiger partial charge in [0.05, 0.1) is 29.5 Å². The van der Waals surface area contributed by atoms with Crippen molar-refractivity contribution in [2.24, 2.45) is 7.05 Å². The number of imidazole rings is 1. The van der Waals surface area contributed by atoms with Crippen LogP contribution in [0, 0.1) is 0 Å². The third kappa shape index (κ3) is 3.44. The molecule has 0 bridgehead atoms. The Morgan fingerprint density at radius 3 is 2.54 bits per heavy atom. The summed E-state index contributed by atoms with van der Waals surface area (Å²) in [7, 11) is -0.319. The van der Waals surface area contributed by atoms with Crippen LogP contribution < -0.4 is 0 Å². The van der Waals surface area contributed by atoms with Crippen molar-refractivity contribution >= 4 is 27.0 Å². The van der Waals surface area contributed by atoms with Gasteiger partial charge in [-0.15, -0.1) is 0 Å². The third-order valence-electron chi connectivity index (χ3n) is 4.07. The fourth-order valence-corrected chi connectivity index (χ4v) is 4.12. The smallest absolute Gasteiger partial charge is 0.305 e. The Bertz CT molecular complexity index is 838. The number of carbonyl (C=O) groups excluding carboxylic acids is 1. The van der Waals surface area contributed by atoms with Crippen molar-refractivity contribution in [3.05, 3.63) is 24.0 Å². The minimum absolute atomic E-state index is 0.233. The lowest BCUT2D eigenvalue weighted by Gasteiger charge is -2.18. The fraction of sp³-hybridized carbons (Fsp3) is 0.500. The quantitative estimate of drug-likeness (QED) is 0.708. The van der Waals surface area contributed by atoms with E-state index in [0.717, 1.165) is 5.52 Å². The maximum Gasteiger partial charge on any atom is 0.305 e. The van der Waals surface area contributed by atoms with Gasteiger partial charge < -0.3 is 9.30 Å². The van der Waals surface area contributed by atoms with E-state index in [1.807, 2.05) is 25.5 Å². The van der Waals surface area contributed by atoms with Crippen LogP contribution in [0.15, 0.2) is 23.1 Å². The molecule has 1 aromatic carbocycles. The topological polar surface area (TPSA) is 81.5 Å². The fourth-order valence-electron chi connectivity index (χ4n) is 2.64. The van der Waals surface area contributed by atoms with Crippen LogP contribution in [-0.2, 0) is 33.0 Å². The molecule has 2 aromatic rings.